The van der Waals surface area contributed by atoms with Crippen LogP contribution in [0.4, 0.5) is 8.78 Å². The maximum atomic E-state index is 11.9. The lowest BCUT2D eigenvalue weighted by Crippen LogP contribution is -2.36. The average molecular weight is 213 g/mol. The Morgan fingerprint density at radius 2 is 1.87 bits per heavy atom. The van der Waals surface area contributed by atoms with E-state index in [0.717, 1.165) is 25.2 Å². The quantitative estimate of drug-likeness (QED) is 0.761. The summed E-state index contributed by atoms with van der Waals surface area (Å²) in [6.45, 7) is 0.422. The van der Waals surface area contributed by atoms with Crippen molar-refractivity contribution in [1.82, 2.24) is 4.90 Å². The van der Waals surface area contributed by atoms with Gasteiger partial charge < -0.3 is 4.74 Å². The Kier molecular flexibility index (Phi) is 3.16. The molecule has 82 valence electrons. The second-order valence-electron chi connectivity index (χ2n) is 3.65. The smallest absolute Gasteiger partial charge is 0.387 e. The zero-order chi connectivity index (χ0) is 10.7. The molecular weight excluding hydrogens is 200 g/mol. The maximum Gasteiger partial charge on any atom is 0.387 e. The van der Waals surface area contributed by atoms with Crippen molar-refractivity contribution in [1.29, 1.82) is 0 Å². The van der Waals surface area contributed by atoms with Crippen LogP contribution in [0.3, 0.4) is 0 Å². The SMILES string of the molecule is FC(F)Oc1ccc(CN2CCC2)cc1. The number of nitrogens with zero attached hydrogens (tertiary/aromatic N) is 1. The van der Waals surface area contributed by atoms with Gasteiger partial charge in [0.2, 0.25) is 0 Å². The van der Waals surface area contributed by atoms with Crippen LogP contribution in [-0.4, -0.2) is 24.6 Å². The lowest BCUT2D eigenvalue weighted by molar-refractivity contribution is -0.0498. The van der Waals surface area contributed by atoms with Crippen molar-refractivity contribution in [3.05, 3.63) is 29.8 Å². The summed E-state index contributed by atoms with van der Waals surface area (Å²) >= 11 is 0. The minimum atomic E-state index is -2.74. The van der Waals surface area contributed by atoms with Gasteiger partial charge in [0.1, 0.15) is 5.75 Å². The third-order valence-electron chi connectivity index (χ3n) is 2.50. The summed E-state index contributed by atoms with van der Waals surface area (Å²) in [4.78, 5) is 2.31. The molecule has 1 fully saturated rings. The van der Waals surface area contributed by atoms with E-state index in [1.165, 1.54) is 6.42 Å². The number of alkyl halides is 2. The van der Waals surface area contributed by atoms with Crippen LogP contribution >= 0.6 is 0 Å². The number of benzene rings is 1. The zero-order valence-corrected chi connectivity index (χ0v) is 8.33. The molecule has 2 nitrogen and oxygen atoms in total. The van der Waals surface area contributed by atoms with E-state index < -0.39 is 6.61 Å². The molecule has 0 saturated carbocycles. The highest BCUT2D eigenvalue weighted by molar-refractivity contribution is 5.27. The summed E-state index contributed by atoms with van der Waals surface area (Å²) in [7, 11) is 0. The fourth-order valence-electron chi connectivity index (χ4n) is 1.57. The molecule has 0 N–H and O–H groups in total. The minimum Gasteiger partial charge on any atom is -0.435 e. The summed E-state index contributed by atoms with van der Waals surface area (Å²) < 4.78 is 28.0. The van der Waals surface area contributed by atoms with Gasteiger partial charge in [-0.05, 0) is 37.2 Å². The van der Waals surface area contributed by atoms with Crippen LogP contribution in [0.25, 0.3) is 0 Å². The lowest BCUT2D eigenvalue weighted by atomic mass is 10.1. The predicted molar refractivity (Wildman–Crippen MR) is 53.0 cm³/mol. The van der Waals surface area contributed by atoms with E-state index >= 15 is 0 Å². The van der Waals surface area contributed by atoms with Crippen molar-refractivity contribution in [3.8, 4) is 5.75 Å². The van der Waals surface area contributed by atoms with Crippen molar-refractivity contribution in [2.75, 3.05) is 13.1 Å². The summed E-state index contributed by atoms with van der Waals surface area (Å²) in [5, 5.41) is 0. The van der Waals surface area contributed by atoms with Gasteiger partial charge in [0, 0.05) is 6.54 Å². The van der Waals surface area contributed by atoms with Gasteiger partial charge in [0.25, 0.3) is 0 Å². The molecule has 1 aliphatic rings. The molecule has 4 heteroatoms. The van der Waals surface area contributed by atoms with Crippen LogP contribution in [0.2, 0.25) is 0 Å². The van der Waals surface area contributed by atoms with Gasteiger partial charge >= 0.3 is 6.61 Å². The Morgan fingerprint density at radius 3 is 2.33 bits per heavy atom. The summed E-state index contributed by atoms with van der Waals surface area (Å²) in [6.07, 6.45) is 1.26. The maximum absolute atomic E-state index is 11.9. The van der Waals surface area contributed by atoms with Crippen LogP contribution < -0.4 is 4.74 Å². The molecule has 2 rings (SSSR count). The first-order valence-electron chi connectivity index (χ1n) is 5.00. The minimum absolute atomic E-state index is 0.220. The average Bonchev–Trinajstić information content (AvgIpc) is 2.13. The molecule has 1 aromatic carbocycles. The molecule has 0 radical (unpaired) electrons. The Balaban J connectivity index is 1.91. The highest BCUT2D eigenvalue weighted by Gasteiger charge is 2.13. The first-order valence-corrected chi connectivity index (χ1v) is 5.00. The van der Waals surface area contributed by atoms with Gasteiger partial charge in [-0.3, -0.25) is 4.90 Å². The molecule has 0 aliphatic carbocycles. The zero-order valence-electron chi connectivity index (χ0n) is 8.33. The van der Waals surface area contributed by atoms with E-state index in [0.29, 0.717) is 0 Å². The Morgan fingerprint density at radius 1 is 1.20 bits per heavy atom. The van der Waals surface area contributed by atoms with Gasteiger partial charge in [-0.2, -0.15) is 8.78 Å². The number of likely N-dealkylation sites (tertiary alicyclic amines) is 1. The molecule has 0 amide bonds. The van der Waals surface area contributed by atoms with Crippen LogP contribution in [0, 0.1) is 0 Å². The van der Waals surface area contributed by atoms with Crippen molar-refractivity contribution in [3.63, 3.8) is 0 Å². The summed E-state index contributed by atoms with van der Waals surface area (Å²) in [5.74, 6) is 0.220. The summed E-state index contributed by atoms with van der Waals surface area (Å²) in [6, 6.07) is 6.83. The molecule has 1 heterocycles. The van der Waals surface area contributed by atoms with E-state index in [4.69, 9.17) is 0 Å². The fourth-order valence-corrected chi connectivity index (χ4v) is 1.57. The fraction of sp³-hybridized carbons (Fsp3) is 0.455. The standard InChI is InChI=1S/C11H13F2NO/c12-11(13)15-10-4-2-9(3-5-10)8-14-6-1-7-14/h2-5,11H,1,6-8H2. The van der Waals surface area contributed by atoms with E-state index in [-0.39, 0.29) is 5.75 Å². The highest BCUT2D eigenvalue weighted by Crippen LogP contribution is 2.17. The molecule has 0 spiro atoms. The summed E-state index contributed by atoms with van der Waals surface area (Å²) in [5.41, 5.74) is 1.14. The number of rotatable bonds is 4. The number of hydrogen-bond donors (Lipinski definition) is 0. The second kappa shape index (κ2) is 4.57. The molecule has 0 aromatic heterocycles. The number of halogens is 2. The van der Waals surface area contributed by atoms with Gasteiger partial charge in [-0.1, -0.05) is 12.1 Å². The van der Waals surface area contributed by atoms with Crippen molar-refractivity contribution in [2.45, 2.75) is 19.6 Å². The van der Waals surface area contributed by atoms with E-state index in [2.05, 4.69) is 9.64 Å². The van der Waals surface area contributed by atoms with Crippen molar-refractivity contribution in [2.24, 2.45) is 0 Å². The molecule has 0 bridgehead atoms. The van der Waals surface area contributed by atoms with Gasteiger partial charge in [0.05, 0.1) is 0 Å². The molecule has 15 heavy (non-hydrogen) atoms. The molecule has 1 aromatic rings. The third-order valence-corrected chi connectivity index (χ3v) is 2.50. The lowest BCUT2D eigenvalue weighted by Gasteiger charge is -2.30. The van der Waals surface area contributed by atoms with Crippen LogP contribution in [-0.2, 0) is 6.54 Å². The van der Waals surface area contributed by atoms with Crippen molar-refractivity contribution < 1.29 is 13.5 Å². The predicted octanol–water partition coefficient (Wildman–Crippen LogP) is 2.49. The van der Waals surface area contributed by atoms with E-state index in [1.807, 2.05) is 12.1 Å². The van der Waals surface area contributed by atoms with E-state index in [9.17, 15) is 8.78 Å². The van der Waals surface area contributed by atoms with E-state index in [1.54, 1.807) is 12.1 Å². The number of ether oxygens (including phenoxy) is 1. The first-order chi connectivity index (χ1) is 7.24. The molecule has 0 atom stereocenters. The second-order valence-corrected chi connectivity index (χ2v) is 3.65. The van der Waals surface area contributed by atoms with Crippen LogP contribution in [0.1, 0.15) is 12.0 Å². The van der Waals surface area contributed by atoms with Crippen molar-refractivity contribution >= 4 is 0 Å². The third kappa shape index (κ3) is 2.89. The van der Waals surface area contributed by atoms with Crippen LogP contribution in [0.15, 0.2) is 24.3 Å². The Labute approximate surface area is 87.5 Å². The largest absolute Gasteiger partial charge is 0.435 e. The normalized spacial score (nSPS) is 16.5. The first kappa shape index (κ1) is 10.4. The molecule has 1 aliphatic heterocycles. The Hall–Kier alpha value is -1.16. The molecule has 0 unspecified atom stereocenters. The number of hydrogen-bond acceptors (Lipinski definition) is 2. The Bertz CT molecular complexity index is 309. The topological polar surface area (TPSA) is 12.5 Å². The van der Waals surface area contributed by atoms with Crippen LogP contribution in [0.5, 0.6) is 5.75 Å². The van der Waals surface area contributed by atoms with Gasteiger partial charge in [-0.25, -0.2) is 0 Å². The molecule has 1 saturated heterocycles. The van der Waals surface area contributed by atoms with Gasteiger partial charge in [-0.15, -0.1) is 0 Å². The highest BCUT2D eigenvalue weighted by atomic mass is 19.3. The monoisotopic (exact) mass is 213 g/mol. The van der Waals surface area contributed by atoms with Gasteiger partial charge in [0.15, 0.2) is 0 Å². The molecular formula is C11H13F2NO.